The number of amides is 1. The van der Waals surface area contributed by atoms with Gasteiger partial charge >= 0.3 is 0 Å². The average Bonchev–Trinajstić information content (AvgIpc) is 3.02. The minimum absolute atomic E-state index is 0.121. The van der Waals surface area contributed by atoms with Crippen molar-refractivity contribution in [2.45, 2.75) is 45.8 Å². The molecule has 2 heterocycles. The van der Waals surface area contributed by atoms with Crippen LogP contribution in [0.1, 0.15) is 47.6 Å². The molecule has 0 aliphatic rings. The van der Waals surface area contributed by atoms with Gasteiger partial charge in [0.25, 0.3) is 5.91 Å². The summed E-state index contributed by atoms with van der Waals surface area (Å²) in [5.41, 5.74) is 3.77. The molecule has 26 heavy (non-hydrogen) atoms. The summed E-state index contributed by atoms with van der Waals surface area (Å²) in [6.45, 7) is 5.99. The first-order chi connectivity index (χ1) is 12.3. The molecule has 2 aromatic heterocycles. The van der Waals surface area contributed by atoms with E-state index in [9.17, 15) is 9.90 Å². The minimum Gasteiger partial charge on any atom is -0.390 e. The number of aliphatic hydroxyl groups is 1. The summed E-state index contributed by atoms with van der Waals surface area (Å²) in [6.07, 6.45) is 3.33. The zero-order valence-corrected chi connectivity index (χ0v) is 15.5. The molecule has 0 saturated heterocycles. The zero-order valence-electron chi connectivity index (χ0n) is 15.5. The van der Waals surface area contributed by atoms with Gasteiger partial charge < -0.3 is 14.8 Å². The smallest absolute Gasteiger partial charge is 0.251 e. The van der Waals surface area contributed by atoms with E-state index in [0.29, 0.717) is 18.5 Å². The summed E-state index contributed by atoms with van der Waals surface area (Å²) in [7, 11) is 0. The Morgan fingerprint density at radius 3 is 2.73 bits per heavy atom. The molecule has 0 unspecified atom stereocenters. The van der Waals surface area contributed by atoms with Crippen LogP contribution in [0.4, 0.5) is 0 Å². The molecular weight excluding hydrogens is 326 g/mol. The van der Waals surface area contributed by atoms with Gasteiger partial charge in [0.1, 0.15) is 5.65 Å². The van der Waals surface area contributed by atoms with Crippen molar-refractivity contribution in [1.82, 2.24) is 14.7 Å². The number of imidazole rings is 1. The highest BCUT2D eigenvalue weighted by Crippen LogP contribution is 2.14. The Morgan fingerprint density at radius 1 is 1.23 bits per heavy atom. The quantitative estimate of drug-likeness (QED) is 0.716. The van der Waals surface area contributed by atoms with Crippen molar-refractivity contribution in [3.05, 3.63) is 71.2 Å². The lowest BCUT2D eigenvalue weighted by atomic mass is 9.98. The van der Waals surface area contributed by atoms with Crippen molar-refractivity contribution in [1.29, 1.82) is 0 Å². The average molecular weight is 351 g/mol. The Kier molecular flexibility index (Phi) is 5.09. The third-order valence-electron chi connectivity index (χ3n) is 4.39. The molecule has 0 saturated carbocycles. The van der Waals surface area contributed by atoms with Gasteiger partial charge in [0.15, 0.2) is 0 Å². The molecule has 0 spiro atoms. The number of hydrogen-bond acceptors (Lipinski definition) is 3. The lowest BCUT2D eigenvalue weighted by Gasteiger charge is -2.16. The van der Waals surface area contributed by atoms with Crippen LogP contribution in [0.5, 0.6) is 0 Å². The van der Waals surface area contributed by atoms with Crippen LogP contribution in [-0.4, -0.2) is 26.0 Å². The van der Waals surface area contributed by atoms with Gasteiger partial charge in [0.2, 0.25) is 0 Å². The Balaban J connectivity index is 1.65. The molecule has 1 amide bonds. The van der Waals surface area contributed by atoms with Crippen LogP contribution in [-0.2, 0) is 13.0 Å². The highest BCUT2D eigenvalue weighted by Gasteiger charge is 2.13. The number of rotatable bonds is 6. The summed E-state index contributed by atoms with van der Waals surface area (Å²) >= 11 is 0. The lowest BCUT2D eigenvalue weighted by Crippen LogP contribution is -2.23. The Morgan fingerprint density at radius 2 is 2.00 bits per heavy atom. The zero-order chi connectivity index (χ0) is 18.7. The van der Waals surface area contributed by atoms with Gasteiger partial charge in [-0.2, -0.15) is 0 Å². The van der Waals surface area contributed by atoms with E-state index in [-0.39, 0.29) is 5.91 Å². The van der Waals surface area contributed by atoms with Gasteiger partial charge in [-0.25, -0.2) is 4.98 Å². The van der Waals surface area contributed by atoms with E-state index in [0.717, 1.165) is 29.0 Å². The predicted molar refractivity (Wildman–Crippen MR) is 102 cm³/mol. The summed E-state index contributed by atoms with van der Waals surface area (Å²) < 4.78 is 2.01. The topological polar surface area (TPSA) is 66.6 Å². The predicted octanol–water partition coefficient (Wildman–Crippen LogP) is 3.28. The Bertz CT molecular complexity index is 922. The molecule has 0 atom stereocenters. The molecular formula is C21H25N3O2. The maximum Gasteiger partial charge on any atom is 0.251 e. The lowest BCUT2D eigenvalue weighted by molar-refractivity contribution is 0.0714. The highest BCUT2D eigenvalue weighted by molar-refractivity contribution is 5.94. The van der Waals surface area contributed by atoms with Gasteiger partial charge in [0, 0.05) is 17.5 Å². The normalized spacial score (nSPS) is 11.7. The molecule has 0 fully saturated rings. The van der Waals surface area contributed by atoms with Crippen molar-refractivity contribution in [3.63, 3.8) is 0 Å². The molecule has 0 aliphatic heterocycles. The molecule has 2 N–H and O–H groups in total. The Hall–Kier alpha value is -2.66. The first-order valence-corrected chi connectivity index (χ1v) is 8.85. The second-order valence-electron chi connectivity index (χ2n) is 7.32. The molecule has 1 aromatic carbocycles. The number of aromatic nitrogens is 2. The number of aryl methyl sites for hydroxylation is 2. The van der Waals surface area contributed by atoms with Crippen LogP contribution < -0.4 is 5.32 Å². The van der Waals surface area contributed by atoms with E-state index in [1.807, 2.05) is 53.9 Å². The number of carbonyl (C=O) groups excluding carboxylic acids is 1. The monoisotopic (exact) mass is 351 g/mol. The standard InChI is InChI=1S/C21H25N3O2/c1-15-6-4-9-19-23-18(14-24(15)19)13-22-20(25)17-8-5-7-16(12-17)10-11-21(2,3)26/h4-9,12,14,26H,10-11,13H2,1-3H3,(H,22,25). The van der Waals surface area contributed by atoms with Crippen LogP contribution in [0.25, 0.3) is 5.65 Å². The number of pyridine rings is 1. The van der Waals surface area contributed by atoms with E-state index < -0.39 is 5.60 Å². The maximum absolute atomic E-state index is 12.5. The number of hydrogen-bond donors (Lipinski definition) is 2. The number of fused-ring (bicyclic) bond motifs is 1. The van der Waals surface area contributed by atoms with Crippen molar-refractivity contribution in [2.24, 2.45) is 0 Å². The molecule has 0 bridgehead atoms. The second kappa shape index (κ2) is 7.30. The minimum atomic E-state index is -0.709. The van der Waals surface area contributed by atoms with E-state index in [1.165, 1.54) is 0 Å². The van der Waals surface area contributed by atoms with E-state index in [2.05, 4.69) is 10.3 Å². The fraction of sp³-hybridized carbons (Fsp3) is 0.333. The summed E-state index contributed by atoms with van der Waals surface area (Å²) in [5, 5.41) is 12.8. The van der Waals surface area contributed by atoms with Crippen molar-refractivity contribution in [3.8, 4) is 0 Å². The highest BCUT2D eigenvalue weighted by atomic mass is 16.3. The first kappa shape index (κ1) is 18.1. The summed E-state index contributed by atoms with van der Waals surface area (Å²) in [5.74, 6) is -0.121. The van der Waals surface area contributed by atoms with Crippen LogP contribution in [0.15, 0.2) is 48.7 Å². The molecule has 5 heteroatoms. The van der Waals surface area contributed by atoms with E-state index in [4.69, 9.17) is 0 Å². The number of nitrogens with zero attached hydrogens (tertiary/aromatic N) is 2. The van der Waals surface area contributed by atoms with Gasteiger partial charge in [-0.15, -0.1) is 0 Å². The molecule has 3 aromatic rings. The summed E-state index contributed by atoms with van der Waals surface area (Å²) in [6, 6.07) is 13.5. The molecule has 0 aliphatic carbocycles. The van der Waals surface area contributed by atoms with Crippen LogP contribution in [0.2, 0.25) is 0 Å². The number of benzene rings is 1. The summed E-state index contributed by atoms with van der Waals surface area (Å²) in [4.78, 5) is 17.0. The maximum atomic E-state index is 12.5. The second-order valence-corrected chi connectivity index (χ2v) is 7.32. The third-order valence-corrected chi connectivity index (χ3v) is 4.39. The Labute approximate surface area is 153 Å². The largest absolute Gasteiger partial charge is 0.390 e. The van der Waals surface area contributed by atoms with Crippen LogP contribution >= 0.6 is 0 Å². The van der Waals surface area contributed by atoms with Crippen LogP contribution in [0, 0.1) is 6.92 Å². The van der Waals surface area contributed by atoms with Gasteiger partial charge in [0.05, 0.1) is 17.8 Å². The molecule has 0 radical (unpaired) electrons. The molecule has 136 valence electrons. The van der Waals surface area contributed by atoms with E-state index >= 15 is 0 Å². The van der Waals surface area contributed by atoms with Crippen molar-refractivity contribution in [2.75, 3.05) is 0 Å². The van der Waals surface area contributed by atoms with E-state index in [1.54, 1.807) is 19.9 Å². The van der Waals surface area contributed by atoms with Gasteiger partial charge in [-0.05, 0) is 63.4 Å². The molecule has 5 nitrogen and oxygen atoms in total. The number of carbonyl (C=O) groups is 1. The van der Waals surface area contributed by atoms with Crippen LogP contribution in [0.3, 0.4) is 0 Å². The molecule has 3 rings (SSSR count). The first-order valence-electron chi connectivity index (χ1n) is 8.85. The van der Waals surface area contributed by atoms with Gasteiger partial charge in [-0.3, -0.25) is 4.79 Å². The van der Waals surface area contributed by atoms with Crippen molar-refractivity contribution < 1.29 is 9.90 Å². The fourth-order valence-corrected chi connectivity index (χ4v) is 2.88. The fourth-order valence-electron chi connectivity index (χ4n) is 2.88. The third kappa shape index (κ3) is 4.49. The van der Waals surface area contributed by atoms with Crippen molar-refractivity contribution >= 4 is 11.6 Å². The van der Waals surface area contributed by atoms with Gasteiger partial charge in [-0.1, -0.05) is 18.2 Å². The SMILES string of the molecule is Cc1cccc2nc(CNC(=O)c3cccc(CCC(C)(C)O)c3)cn12. The number of nitrogens with one attached hydrogen (secondary N) is 1.